The molecule has 0 unspecified atom stereocenters. The topological polar surface area (TPSA) is 70.6 Å². The number of nitrogens with one attached hydrogen (secondary N) is 1. The van der Waals surface area contributed by atoms with Crippen molar-refractivity contribution < 1.29 is 5.11 Å². The maximum Gasteiger partial charge on any atom is 0.193 e. The lowest BCUT2D eigenvalue weighted by molar-refractivity contribution is 0.282. The molecule has 0 bridgehead atoms. The molecule has 22 heavy (non-hydrogen) atoms. The summed E-state index contributed by atoms with van der Waals surface area (Å²) in [5.41, 5.74) is 9.95. The van der Waals surface area contributed by atoms with Crippen LogP contribution in [0.1, 0.15) is 49.7 Å². The van der Waals surface area contributed by atoms with Gasteiger partial charge in [0.25, 0.3) is 0 Å². The van der Waals surface area contributed by atoms with Gasteiger partial charge in [-0.2, -0.15) is 0 Å². The van der Waals surface area contributed by atoms with Gasteiger partial charge in [0.15, 0.2) is 5.96 Å². The molecule has 1 aromatic carbocycles. The van der Waals surface area contributed by atoms with Crippen molar-refractivity contribution >= 4 is 35.6 Å². The first-order chi connectivity index (χ1) is 10.3. The van der Waals surface area contributed by atoms with Crippen molar-refractivity contribution in [2.75, 3.05) is 18.5 Å². The van der Waals surface area contributed by atoms with Crippen LogP contribution in [-0.4, -0.2) is 24.2 Å². The number of aliphatic hydroxyl groups excluding tert-OH is 1. The highest BCUT2D eigenvalue weighted by Crippen LogP contribution is 2.27. The lowest BCUT2D eigenvalue weighted by Crippen LogP contribution is -2.24. The number of aliphatic hydroxyl groups is 1. The monoisotopic (exact) mass is 417 g/mol. The molecule has 0 spiro atoms. The van der Waals surface area contributed by atoms with E-state index in [1.807, 2.05) is 0 Å². The first kappa shape index (κ1) is 19.2. The van der Waals surface area contributed by atoms with Gasteiger partial charge in [0.05, 0.1) is 0 Å². The van der Waals surface area contributed by atoms with Gasteiger partial charge in [0.1, 0.15) is 0 Å². The summed E-state index contributed by atoms with van der Waals surface area (Å²) in [7, 11) is 0. The Kier molecular flexibility index (Phi) is 9.47. The fraction of sp³-hybridized carbons (Fsp3) is 0.588. The molecule has 4 N–H and O–H groups in total. The number of nitrogens with two attached hydrogens (primary N) is 1. The Morgan fingerprint density at radius 2 is 1.91 bits per heavy atom. The highest BCUT2D eigenvalue weighted by Gasteiger charge is 2.12. The number of guanidine groups is 1. The fourth-order valence-corrected chi connectivity index (χ4v) is 2.85. The molecule has 1 aliphatic rings. The van der Waals surface area contributed by atoms with Crippen molar-refractivity contribution in [1.82, 2.24) is 0 Å². The Morgan fingerprint density at radius 1 is 1.14 bits per heavy atom. The number of halogens is 1. The van der Waals surface area contributed by atoms with E-state index in [9.17, 15) is 0 Å². The molecule has 2 rings (SSSR count). The summed E-state index contributed by atoms with van der Waals surface area (Å²) in [5.74, 6) is 0.510. The first-order valence-corrected chi connectivity index (χ1v) is 8.10. The number of rotatable bonds is 7. The summed E-state index contributed by atoms with van der Waals surface area (Å²) >= 11 is 0. The lowest BCUT2D eigenvalue weighted by atomic mass is 9.90. The average Bonchev–Trinajstić information content (AvgIpc) is 2.51. The summed E-state index contributed by atoms with van der Waals surface area (Å²) in [5, 5.41) is 12.0. The molecular formula is C17H28IN3O. The fourth-order valence-electron chi connectivity index (χ4n) is 2.85. The molecule has 0 aromatic heterocycles. The molecule has 0 fully saturated rings. The predicted molar refractivity (Wildman–Crippen MR) is 104 cm³/mol. The minimum atomic E-state index is 0. The summed E-state index contributed by atoms with van der Waals surface area (Å²) in [4.78, 5) is 4.39. The van der Waals surface area contributed by atoms with Crippen LogP contribution in [0.4, 0.5) is 5.69 Å². The average molecular weight is 417 g/mol. The van der Waals surface area contributed by atoms with Crippen molar-refractivity contribution in [1.29, 1.82) is 0 Å². The van der Waals surface area contributed by atoms with E-state index in [1.165, 1.54) is 30.4 Å². The number of aliphatic imine (C=N–C) groups is 1. The third-order valence-electron chi connectivity index (χ3n) is 4.01. The normalized spacial score (nSPS) is 14.1. The highest BCUT2D eigenvalue weighted by molar-refractivity contribution is 14.0. The number of nitrogens with zero attached hydrogens (tertiary/aromatic N) is 1. The molecule has 0 saturated carbocycles. The van der Waals surface area contributed by atoms with E-state index in [1.54, 1.807) is 0 Å². The number of anilines is 1. The Balaban J connectivity index is 0.00000242. The minimum Gasteiger partial charge on any atom is -0.396 e. The van der Waals surface area contributed by atoms with Gasteiger partial charge in [-0.1, -0.05) is 25.0 Å². The second-order valence-corrected chi connectivity index (χ2v) is 5.68. The zero-order chi connectivity index (χ0) is 14.9. The number of hydrogen-bond acceptors (Lipinski definition) is 2. The van der Waals surface area contributed by atoms with Crippen molar-refractivity contribution in [3.8, 4) is 0 Å². The zero-order valence-corrected chi connectivity index (χ0v) is 15.5. The van der Waals surface area contributed by atoms with Gasteiger partial charge in [-0.15, -0.1) is 24.0 Å². The van der Waals surface area contributed by atoms with Crippen LogP contribution in [-0.2, 0) is 12.8 Å². The molecule has 0 atom stereocenters. The van der Waals surface area contributed by atoms with Gasteiger partial charge >= 0.3 is 0 Å². The van der Waals surface area contributed by atoms with Crippen molar-refractivity contribution in [2.45, 2.75) is 51.4 Å². The molecule has 124 valence electrons. The van der Waals surface area contributed by atoms with E-state index in [0.29, 0.717) is 5.96 Å². The SMILES string of the molecule is I.NC(=NCCCCCCO)Nc1cccc2c1CCCC2. The van der Waals surface area contributed by atoms with E-state index in [4.69, 9.17) is 10.8 Å². The van der Waals surface area contributed by atoms with Crippen LogP contribution in [0.5, 0.6) is 0 Å². The molecule has 1 aromatic rings. The van der Waals surface area contributed by atoms with E-state index >= 15 is 0 Å². The first-order valence-electron chi connectivity index (χ1n) is 8.10. The third kappa shape index (κ3) is 6.12. The number of unbranched alkanes of at least 4 members (excludes halogenated alkanes) is 3. The Hall–Kier alpha value is -0.820. The van der Waals surface area contributed by atoms with E-state index in [2.05, 4.69) is 28.5 Å². The second-order valence-electron chi connectivity index (χ2n) is 5.68. The van der Waals surface area contributed by atoms with Gasteiger partial charge in [-0.25, -0.2) is 0 Å². The van der Waals surface area contributed by atoms with Crippen molar-refractivity contribution in [3.05, 3.63) is 29.3 Å². The number of hydrogen-bond donors (Lipinski definition) is 3. The van der Waals surface area contributed by atoms with Crippen LogP contribution in [0.25, 0.3) is 0 Å². The molecule has 0 amide bonds. The molecule has 0 saturated heterocycles. The largest absolute Gasteiger partial charge is 0.396 e. The Bertz CT molecular complexity index is 477. The van der Waals surface area contributed by atoms with Crippen LogP contribution >= 0.6 is 24.0 Å². The summed E-state index contributed by atoms with van der Waals surface area (Å²) in [6, 6.07) is 6.40. The van der Waals surface area contributed by atoms with E-state index < -0.39 is 0 Å². The molecule has 0 radical (unpaired) electrons. The number of aryl methyl sites for hydroxylation is 1. The van der Waals surface area contributed by atoms with E-state index in [-0.39, 0.29) is 30.6 Å². The van der Waals surface area contributed by atoms with Crippen LogP contribution < -0.4 is 11.1 Å². The summed E-state index contributed by atoms with van der Waals surface area (Å²) in [6.07, 6.45) is 8.91. The van der Waals surface area contributed by atoms with Crippen molar-refractivity contribution in [2.24, 2.45) is 10.7 Å². The zero-order valence-electron chi connectivity index (χ0n) is 13.2. The second kappa shape index (κ2) is 10.8. The molecule has 0 heterocycles. The maximum atomic E-state index is 8.71. The Morgan fingerprint density at radius 3 is 2.73 bits per heavy atom. The third-order valence-corrected chi connectivity index (χ3v) is 4.01. The lowest BCUT2D eigenvalue weighted by Gasteiger charge is -2.19. The molecule has 0 aliphatic heterocycles. The number of benzene rings is 1. The molecule has 1 aliphatic carbocycles. The molecule has 4 nitrogen and oxygen atoms in total. The van der Waals surface area contributed by atoms with Crippen LogP contribution in [0.2, 0.25) is 0 Å². The Labute approximate surface area is 150 Å². The van der Waals surface area contributed by atoms with Gasteiger partial charge in [0, 0.05) is 18.8 Å². The summed E-state index contributed by atoms with van der Waals surface area (Å²) < 4.78 is 0. The van der Waals surface area contributed by atoms with Gasteiger partial charge in [-0.3, -0.25) is 4.99 Å². The predicted octanol–water partition coefficient (Wildman–Crippen LogP) is 3.46. The standard InChI is InChI=1S/C17H27N3O.HI/c18-17(19-12-5-1-2-6-13-21)20-16-11-7-9-14-8-3-4-10-15(14)16;/h7,9,11,21H,1-6,8,10,12-13H2,(H3,18,19,20);1H. The van der Waals surface area contributed by atoms with Gasteiger partial charge in [0.2, 0.25) is 0 Å². The van der Waals surface area contributed by atoms with Crippen LogP contribution in [0, 0.1) is 0 Å². The highest BCUT2D eigenvalue weighted by atomic mass is 127. The number of fused-ring (bicyclic) bond motifs is 1. The maximum absolute atomic E-state index is 8.71. The smallest absolute Gasteiger partial charge is 0.193 e. The van der Waals surface area contributed by atoms with Crippen LogP contribution in [0.3, 0.4) is 0 Å². The molecular weight excluding hydrogens is 389 g/mol. The quantitative estimate of drug-likeness (QED) is 0.276. The van der Waals surface area contributed by atoms with Gasteiger partial charge in [-0.05, 0) is 55.7 Å². The summed E-state index contributed by atoms with van der Waals surface area (Å²) in [6.45, 7) is 1.03. The van der Waals surface area contributed by atoms with E-state index in [0.717, 1.165) is 44.3 Å². The minimum absolute atomic E-state index is 0. The van der Waals surface area contributed by atoms with Crippen molar-refractivity contribution in [3.63, 3.8) is 0 Å². The van der Waals surface area contributed by atoms with Gasteiger partial charge < -0.3 is 16.2 Å². The van der Waals surface area contributed by atoms with Crippen LogP contribution in [0.15, 0.2) is 23.2 Å². The molecule has 5 heteroatoms.